The van der Waals surface area contributed by atoms with Gasteiger partial charge in [-0.15, -0.1) is 0 Å². The summed E-state index contributed by atoms with van der Waals surface area (Å²) in [5.74, 6) is 0.0386. The number of carbonyl (C=O) groups is 1. The van der Waals surface area contributed by atoms with Crippen LogP contribution in [0.2, 0.25) is 0 Å². The second kappa shape index (κ2) is 4.21. The second-order valence-electron chi connectivity index (χ2n) is 6.20. The van der Waals surface area contributed by atoms with Gasteiger partial charge in [-0.3, -0.25) is 4.79 Å². The Bertz CT molecular complexity index is 305. The van der Waals surface area contributed by atoms with Gasteiger partial charge in [0.1, 0.15) is 0 Å². The first kappa shape index (κ1) is 13.2. The molecule has 1 rings (SSSR count). The zero-order valence-corrected chi connectivity index (χ0v) is 11.1. The van der Waals surface area contributed by atoms with Crippen molar-refractivity contribution in [3.63, 3.8) is 0 Å². The number of nitrogens with zero attached hydrogens (tertiary/aromatic N) is 1. The summed E-state index contributed by atoms with van der Waals surface area (Å²) in [7, 11) is 0. The van der Waals surface area contributed by atoms with E-state index in [1.807, 2.05) is 4.90 Å². The molecule has 0 aliphatic carbocycles. The quantitative estimate of drug-likeness (QED) is 0.692. The third-order valence-electron chi connectivity index (χ3n) is 3.01. The molecule has 0 spiro atoms. The Balaban J connectivity index is 2.69. The molecule has 0 radical (unpaired) electrons. The van der Waals surface area contributed by atoms with Gasteiger partial charge in [0.25, 0.3) is 0 Å². The average Bonchev–Trinajstić information content (AvgIpc) is 2.14. The molecule has 0 saturated carbocycles. The van der Waals surface area contributed by atoms with E-state index in [1.54, 1.807) is 13.8 Å². The summed E-state index contributed by atoms with van der Waals surface area (Å²) in [6.07, 6.45) is 3.14. The van der Waals surface area contributed by atoms with Crippen molar-refractivity contribution in [1.82, 2.24) is 4.90 Å². The van der Waals surface area contributed by atoms with E-state index < -0.39 is 5.54 Å². The van der Waals surface area contributed by atoms with Crippen LogP contribution in [-0.4, -0.2) is 29.4 Å². The van der Waals surface area contributed by atoms with Crippen molar-refractivity contribution in [3.8, 4) is 0 Å². The Kier molecular flexibility index (Phi) is 3.48. The molecule has 1 aliphatic rings. The zero-order chi connectivity index (χ0) is 12.6. The van der Waals surface area contributed by atoms with Gasteiger partial charge in [0.15, 0.2) is 0 Å². The van der Waals surface area contributed by atoms with Crippen molar-refractivity contribution in [2.45, 2.75) is 46.6 Å². The molecule has 0 aromatic rings. The van der Waals surface area contributed by atoms with Crippen LogP contribution in [0.5, 0.6) is 0 Å². The van der Waals surface area contributed by atoms with Crippen LogP contribution in [0.25, 0.3) is 0 Å². The molecule has 0 bridgehead atoms. The molecule has 0 unspecified atom stereocenters. The fourth-order valence-electron chi connectivity index (χ4n) is 1.94. The Labute approximate surface area is 98.7 Å². The van der Waals surface area contributed by atoms with Crippen molar-refractivity contribution < 1.29 is 4.79 Å². The van der Waals surface area contributed by atoms with E-state index >= 15 is 0 Å². The van der Waals surface area contributed by atoms with Crippen LogP contribution in [0, 0.1) is 5.41 Å². The third-order valence-corrected chi connectivity index (χ3v) is 3.01. The van der Waals surface area contributed by atoms with E-state index in [-0.39, 0.29) is 11.3 Å². The highest BCUT2D eigenvalue weighted by Gasteiger charge is 2.30. The Morgan fingerprint density at radius 2 is 1.88 bits per heavy atom. The van der Waals surface area contributed by atoms with Crippen molar-refractivity contribution >= 4 is 5.91 Å². The molecule has 1 heterocycles. The summed E-state index contributed by atoms with van der Waals surface area (Å²) in [5.41, 5.74) is 6.71. The van der Waals surface area contributed by atoms with Gasteiger partial charge in [-0.2, -0.15) is 0 Å². The first-order valence-electron chi connectivity index (χ1n) is 5.90. The van der Waals surface area contributed by atoms with Crippen molar-refractivity contribution in [3.05, 3.63) is 11.6 Å². The van der Waals surface area contributed by atoms with E-state index in [1.165, 1.54) is 5.57 Å². The number of nitrogens with two attached hydrogens (primary N) is 1. The molecule has 0 aromatic heterocycles. The molecule has 1 amide bonds. The normalized spacial score (nSPS) is 18.4. The minimum absolute atomic E-state index is 0.0386. The Morgan fingerprint density at radius 1 is 1.31 bits per heavy atom. The predicted octanol–water partition coefficient (Wildman–Crippen LogP) is 1.93. The highest BCUT2D eigenvalue weighted by atomic mass is 16.2. The molecule has 0 atom stereocenters. The van der Waals surface area contributed by atoms with Gasteiger partial charge in [-0.05, 0) is 25.7 Å². The number of hydrogen-bond acceptors (Lipinski definition) is 2. The summed E-state index contributed by atoms with van der Waals surface area (Å²) >= 11 is 0. The lowest BCUT2D eigenvalue weighted by atomic mass is 9.83. The van der Waals surface area contributed by atoms with Gasteiger partial charge in [0.05, 0.1) is 5.54 Å². The molecule has 3 nitrogen and oxygen atoms in total. The topological polar surface area (TPSA) is 46.3 Å². The molecule has 3 heteroatoms. The van der Waals surface area contributed by atoms with Crippen LogP contribution in [0.4, 0.5) is 0 Å². The monoisotopic (exact) mass is 224 g/mol. The standard InChI is InChI=1S/C13H24N2O/c1-12(2,3)10-6-8-15(9-7-10)11(16)13(4,5)14/h6H,7-9,14H2,1-5H3. The van der Waals surface area contributed by atoms with Crippen molar-refractivity contribution in [2.75, 3.05) is 13.1 Å². The summed E-state index contributed by atoms with van der Waals surface area (Å²) in [6, 6.07) is 0. The maximum Gasteiger partial charge on any atom is 0.242 e. The summed E-state index contributed by atoms with van der Waals surface area (Å²) in [4.78, 5) is 13.8. The molecule has 0 fully saturated rings. The largest absolute Gasteiger partial charge is 0.337 e. The van der Waals surface area contributed by atoms with Crippen LogP contribution in [0.15, 0.2) is 11.6 Å². The third kappa shape index (κ3) is 3.08. The van der Waals surface area contributed by atoms with Gasteiger partial charge in [0.2, 0.25) is 5.91 Å². The van der Waals surface area contributed by atoms with E-state index in [9.17, 15) is 4.79 Å². The maximum atomic E-state index is 11.9. The molecule has 92 valence electrons. The lowest BCUT2D eigenvalue weighted by molar-refractivity contribution is -0.135. The van der Waals surface area contributed by atoms with Crippen LogP contribution in [-0.2, 0) is 4.79 Å². The van der Waals surface area contributed by atoms with E-state index in [4.69, 9.17) is 5.73 Å². The fourth-order valence-corrected chi connectivity index (χ4v) is 1.94. The SMILES string of the molecule is CC(C)(C)C1=CCN(C(=O)C(C)(C)N)CC1. The predicted molar refractivity (Wildman–Crippen MR) is 67.0 cm³/mol. The fraction of sp³-hybridized carbons (Fsp3) is 0.769. The molecule has 0 aromatic carbocycles. The van der Waals surface area contributed by atoms with E-state index in [2.05, 4.69) is 26.8 Å². The van der Waals surface area contributed by atoms with Gasteiger partial charge in [-0.25, -0.2) is 0 Å². The van der Waals surface area contributed by atoms with Crippen LogP contribution in [0.3, 0.4) is 0 Å². The lowest BCUT2D eigenvalue weighted by Crippen LogP contribution is -2.52. The number of hydrogen-bond donors (Lipinski definition) is 1. The van der Waals surface area contributed by atoms with Gasteiger partial charge in [0, 0.05) is 13.1 Å². The number of carbonyl (C=O) groups excluding carboxylic acids is 1. The van der Waals surface area contributed by atoms with Crippen LogP contribution in [0.1, 0.15) is 41.0 Å². The highest BCUT2D eigenvalue weighted by molar-refractivity contribution is 5.85. The first-order valence-corrected chi connectivity index (χ1v) is 5.90. The molecular weight excluding hydrogens is 200 g/mol. The smallest absolute Gasteiger partial charge is 0.242 e. The van der Waals surface area contributed by atoms with E-state index in [0.29, 0.717) is 6.54 Å². The van der Waals surface area contributed by atoms with Gasteiger partial charge >= 0.3 is 0 Å². The molecular formula is C13H24N2O. The second-order valence-corrected chi connectivity index (χ2v) is 6.20. The summed E-state index contributed by atoms with van der Waals surface area (Å²) in [6.45, 7) is 11.7. The average molecular weight is 224 g/mol. The van der Waals surface area contributed by atoms with Gasteiger partial charge in [-0.1, -0.05) is 32.4 Å². The number of amides is 1. The summed E-state index contributed by atoms with van der Waals surface area (Å²) < 4.78 is 0. The van der Waals surface area contributed by atoms with Crippen LogP contribution >= 0.6 is 0 Å². The Hall–Kier alpha value is -0.830. The lowest BCUT2D eigenvalue weighted by Gasteiger charge is -2.35. The minimum atomic E-state index is -0.757. The highest BCUT2D eigenvalue weighted by Crippen LogP contribution is 2.30. The zero-order valence-electron chi connectivity index (χ0n) is 11.1. The van der Waals surface area contributed by atoms with Crippen molar-refractivity contribution in [2.24, 2.45) is 11.1 Å². The molecule has 0 saturated heterocycles. The molecule has 16 heavy (non-hydrogen) atoms. The van der Waals surface area contributed by atoms with Crippen molar-refractivity contribution in [1.29, 1.82) is 0 Å². The first-order chi connectivity index (χ1) is 7.12. The van der Waals surface area contributed by atoms with Gasteiger partial charge < -0.3 is 10.6 Å². The summed E-state index contributed by atoms with van der Waals surface area (Å²) in [5, 5.41) is 0. The minimum Gasteiger partial charge on any atom is -0.337 e. The Morgan fingerprint density at radius 3 is 2.19 bits per heavy atom. The maximum absolute atomic E-state index is 11.9. The van der Waals surface area contributed by atoms with Crippen LogP contribution < -0.4 is 5.73 Å². The van der Waals surface area contributed by atoms with E-state index in [0.717, 1.165) is 13.0 Å². The molecule has 2 N–H and O–H groups in total. The molecule has 1 aliphatic heterocycles. The number of rotatable bonds is 1.